The standard InChI is InChI=1S/C17H16O3/c1-12-6-7-13(2)16(10-12)20-15-5-3-4-14(11-15)8-9-17(18)19/h3-11H,1-2H3,(H,18,19). The van der Waals surface area contributed by atoms with Crippen LogP contribution in [0.25, 0.3) is 6.08 Å². The van der Waals surface area contributed by atoms with Crippen LogP contribution in [0.4, 0.5) is 0 Å². The lowest BCUT2D eigenvalue weighted by Gasteiger charge is -2.10. The van der Waals surface area contributed by atoms with Gasteiger partial charge in [0.1, 0.15) is 11.5 Å². The Morgan fingerprint density at radius 3 is 2.70 bits per heavy atom. The van der Waals surface area contributed by atoms with Gasteiger partial charge in [0.15, 0.2) is 0 Å². The van der Waals surface area contributed by atoms with Crippen molar-refractivity contribution in [3.8, 4) is 11.5 Å². The van der Waals surface area contributed by atoms with Crippen LogP contribution in [0, 0.1) is 13.8 Å². The van der Waals surface area contributed by atoms with Crippen LogP contribution < -0.4 is 4.74 Å². The van der Waals surface area contributed by atoms with E-state index in [0.717, 1.165) is 28.5 Å². The summed E-state index contributed by atoms with van der Waals surface area (Å²) in [6.07, 6.45) is 2.65. The third kappa shape index (κ3) is 3.72. The maximum absolute atomic E-state index is 10.5. The summed E-state index contributed by atoms with van der Waals surface area (Å²) in [6.45, 7) is 4.00. The number of carboxylic acids is 1. The quantitative estimate of drug-likeness (QED) is 0.845. The molecule has 2 rings (SSSR count). The minimum atomic E-state index is -0.967. The maximum atomic E-state index is 10.5. The first-order valence-corrected chi connectivity index (χ1v) is 6.31. The summed E-state index contributed by atoms with van der Waals surface area (Å²) in [5, 5.41) is 8.63. The van der Waals surface area contributed by atoms with E-state index in [4.69, 9.17) is 9.84 Å². The van der Waals surface area contributed by atoms with Gasteiger partial charge in [0.05, 0.1) is 0 Å². The van der Waals surface area contributed by atoms with Crippen LogP contribution in [0.1, 0.15) is 16.7 Å². The van der Waals surface area contributed by atoms with Gasteiger partial charge >= 0.3 is 5.97 Å². The van der Waals surface area contributed by atoms with Gasteiger partial charge in [-0.1, -0.05) is 24.3 Å². The second kappa shape index (κ2) is 6.06. The Kier molecular flexibility index (Phi) is 4.20. The summed E-state index contributed by atoms with van der Waals surface area (Å²) < 4.78 is 5.86. The van der Waals surface area contributed by atoms with Crippen LogP contribution in [-0.2, 0) is 4.79 Å². The Balaban J connectivity index is 2.23. The largest absolute Gasteiger partial charge is 0.478 e. The molecule has 0 aliphatic heterocycles. The number of benzene rings is 2. The van der Waals surface area contributed by atoms with E-state index >= 15 is 0 Å². The fourth-order valence-corrected chi connectivity index (χ4v) is 1.79. The van der Waals surface area contributed by atoms with Gasteiger partial charge in [-0.25, -0.2) is 4.79 Å². The third-order valence-corrected chi connectivity index (χ3v) is 2.85. The van der Waals surface area contributed by atoms with Crippen molar-refractivity contribution in [1.82, 2.24) is 0 Å². The first kappa shape index (κ1) is 13.9. The second-order valence-electron chi connectivity index (χ2n) is 4.62. The van der Waals surface area contributed by atoms with E-state index < -0.39 is 5.97 Å². The van der Waals surface area contributed by atoms with Crippen molar-refractivity contribution < 1.29 is 14.6 Å². The zero-order valence-electron chi connectivity index (χ0n) is 11.5. The van der Waals surface area contributed by atoms with Crippen molar-refractivity contribution >= 4 is 12.0 Å². The molecular formula is C17H16O3. The molecule has 1 N–H and O–H groups in total. The number of aliphatic carboxylic acids is 1. The van der Waals surface area contributed by atoms with E-state index in [0.29, 0.717) is 5.75 Å². The van der Waals surface area contributed by atoms with Gasteiger partial charge < -0.3 is 9.84 Å². The molecule has 0 spiro atoms. The van der Waals surface area contributed by atoms with Crippen molar-refractivity contribution in [1.29, 1.82) is 0 Å². The Morgan fingerprint density at radius 2 is 1.95 bits per heavy atom. The Bertz CT molecular complexity index is 657. The first-order valence-electron chi connectivity index (χ1n) is 6.31. The lowest BCUT2D eigenvalue weighted by atomic mass is 10.1. The molecule has 20 heavy (non-hydrogen) atoms. The molecule has 0 fully saturated rings. The number of hydrogen-bond acceptors (Lipinski definition) is 2. The molecule has 0 unspecified atom stereocenters. The molecule has 0 saturated heterocycles. The highest BCUT2D eigenvalue weighted by atomic mass is 16.5. The molecule has 3 heteroatoms. The summed E-state index contributed by atoms with van der Waals surface area (Å²) >= 11 is 0. The van der Waals surface area contributed by atoms with Crippen LogP contribution >= 0.6 is 0 Å². The number of rotatable bonds is 4. The van der Waals surface area contributed by atoms with Crippen LogP contribution in [0.15, 0.2) is 48.5 Å². The molecule has 0 bridgehead atoms. The third-order valence-electron chi connectivity index (χ3n) is 2.85. The molecule has 2 aromatic carbocycles. The summed E-state index contributed by atoms with van der Waals surface area (Å²) in [4.78, 5) is 10.5. The lowest BCUT2D eigenvalue weighted by Crippen LogP contribution is -1.89. The van der Waals surface area contributed by atoms with E-state index in [2.05, 4.69) is 0 Å². The van der Waals surface area contributed by atoms with Gasteiger partial charge in [-0.3, -0.25) is 0 Å². The molecule has 0 saturated carbocycles. The normalized spacial score (nSPS) is 10.7. The molecule has 0 aliphatic rings. The minimum Gasteiger partial charge on any atom is -0.478 e. The number of carboxylic acid groups (broad SMARTS) is 1. The average molecular weight is 268 g/mol. The first-order chi connectivity index (χ1) is 9.54. The van der Waals surface area contributed by atoms with Gasteiger partial charge in [0, 0.05) is 6.08 Å². The van der Waals surface area contributed by atoms with E-state index in [1.165, 1.54) is 6.08 Å². The maximum Gasteiger partial charge on any atom is 0.328 e. The fraction of sp³-hybridized carbons (Fsp3) is 0.118. The number of ether oxygens (including phenoxy) is 1. The SMILES string of the molecule is Cc1ccc(C)c(Oc2cccc(C=CC(=O)O)c2)c1. The molecular weight excluding hydrogens is 252 g/mol. The summed E-state index contributed by atoms with van der Waals surface area (Å²) in [7, 11) is 0. The van der Waals surface area contributed by atoms with Gasteiger partial charge in [-0.05, 0) is 54.8 Å². The topological polar surface area (TPSA) is 46.5 Å². The van der Waals surface area contributed by atoms with Crippen molar-refractivity contribution in [2.75, 3.05) is 0 Å². The molecule has 0 aromatic heterocycles. The molecule has 2 aromatic rings. The fourth-order valence-electron chi connectivity index (χ4n) is 1.79. The van der Waals surface area contributed by atoms with Gasteiger partial charge in [0.25, 0.3) is 0 Å². The number of hydrogen-bond donors (Lipinski definition) is 1. The summed E-state index contributed by atoms with van der Waals surface area (Å²) in [6, 6.07) is 13.3. The minimum absolute atomic E-state index is 0.686. The highest BCUT2D eigenvalue weighted by Crippen LogP contribution is 2.26. The zero-order valence-corrected chi connectivity index (χ0v) is 11.5. The molecule has 0 atom stereocenters. The molecule has 0 amide bonds. The predicted molar refractivity (Wildman–Crippen MR) is 79.1 cm³/mol. The molecule has 0 heterocycles. The predicted octanol–water partition coefficient (Wildman–Crippen LogP) is 4.19. The van der Waals surface area contributed by atoms with Crippen LogP contribution in [-0.4, -0.2) is 11.1 Å². The Labute approximate surface area is 118 Å². The highest BCUT2D eigenvalue weighted by molar-refractivity contribution is 5.85. The van der Waals surface area contributed by atoms with E-state index in [1.807, 2.05) is 50.2 Å². The molecule has 0 aliphatic carbocycles. The Morgan fingerprint density at radius 1 is 1.15 bits per heavy atom. The van der Waals surface area contributed by atoms with E-state index in [1.54, 1.807) is 6.07 Å². The zero-order chi connectivity index (χ0) is 14.5. The van der Waals surface area contributed by atoms with E-state index in [9.17, 15) is 4.79 Å². The summed E-state index contributed by atoms with van der Waals surface area (Å²) in [5.41, 5.74) is 2.98. The lowest BCUT2D eigenvalue weighted by molar-refractivity contribution is -0.131. The van der Waals surface area contributed by atoms with Crippen LogP contribution in [0.2, 0.25) is 0 Å². The van der Waals surface area contributed by atoms with Gasteiger partial charge in [-0.15, -0.1) is 0 Å². The van der Waals surface area contributed by atoms with Crippen molar-refractivity contribution in [3.63, 3.8) is 0 Å². The molecule has 3 nitrogen and oxygen atoms in total. The van der Waals surface area contributed by atoms with Gasteiger partial charge in [-0.2, -0.15) is 0 Å². The highest BCUT2D eigenvalue weighted by Gasteiger charge is 2.02. The van der Waals surface area contributed by atoms with Crippen LogP contribution in [0.3, 0.4) is 0 Å². The van der Waals surface area contributed by atoms with Crippen molar-refractivity contribution in [2.24, 2.45) is 0 Å². The molecule has 102 valence electrons. The smallest absolute Gasteiger partial charge is 0.328 e. The monoisotopic (exact) mass is 268 g/mol. The van der Waals surface area contributed by atoms with Crippen molar-refractivity contribution in [2.45, 2.75) is 13.8 Å². The van der Waals surface area contributed by atoms with Crippen molar-refractivity contribution in [3.05, 3.63) is 65.2 Å². The average Bonchev–Trinajstić information content (AvgIpc) is 2.41. The molecule has 0 radical (unpaired) electrons. The van der Waals surface area contributed by atoms with E-state index in [-0.39, 0.29) is 0 Å². The number of aryl methyl sites for hydroxylation is 2. The Hall–Kier alpha value is -2.55. The number of carbonyl (C=O) groups is 1. The second-order valence-corrected chi connectivity index (χ2v) is 4.62. The van der Waals surface area contributed by atoms with Crippen LogP contribution in [0.5, 0.6) is 11.5 Å². The summed E-state index contributed by atoms with van der Waals surface area (Å²) in [5.74, 6) is 0.529. The van der Waals surface area contributed by atoms with Gasteiger partial charge in [0.2, 0.25) is 0 Å².